The van der Waals surface area contributed by atoms with Crippen molar-refractivity contribution in [3.05, 3.63) is 58.9 Å². The highest BCUT2D eigenvalue weighted by Gasteiger charge is 2.41. The Morgan fingerprint density at radius 1 is 1.30 bits per heavy atom. The van der Waals surface area contributed by atoms with E-state index in [-0.39, 0.29) is 6.42 Å². The first-order valence-corrected chi connectivity index (χ1v) is 9.27. The lowest BCUT2D eigenvalue weighted by molar-refractivity contribution is -0.145. The van der Waals surface area contributed by atoms with Crippen LogP contribution >= 0.6 is 11.3 Å². The molecule has 0 radical (unpaired) electrons. The van der Waals surface area contributed by atoms with Gasteiger partial charge in [0.25, 0.3) is 5.91 Å². The van der Waals surface area contributed by atoms with Crippen molar-refractivity contribution in [1.82, 2.24) is 20.1 Å². The van der Waals surface area contributed by atoms with E-state index < -0.39 is 17.4 Å². The SMILES string of the molecule is CCC(NC(=O)c1sc(-c2cnn(C)c2)nc1C)(C(=O)O)c1ccccc1. The van der Waals surface area contributed by atoms with Crippen molar-refractivity contribution in [2.75, 3.05) is 0 Å². The highest BCUT2D eigenvalue weighted by Crippen LogP contribution is 2.30. The number of carbonyl (C=O) groups is 2. The van der Waals surface area contributed by atoms with E-state index in [1.165, 1.54) is 11.3 Å². The second-order valence-electron chi connectivity index (χ2n) is 6.22. The number of aryl methyl sites for hydroxylation is 2. The van der Waals surface area contributed by atoms with Gasteiger partial charge in [-0.25, -0.2) is 9.78 Å². The largest absolute Gasteiger partial charge is 0.479 e. The molecule has 2 heterocycles. The standard InChI is InChI=1S/C19H20N4O3S/c1-4-19(18(25)26,14-8-6-5-7-9-14)22-16(24)15-12(2)21-17(27-15)13-10-20-23(3)11-13/h5-11H,4H2,1-3H3,(H,22,24)(H,25,26). The average Bonchev–Trinajstić information content (AvgIpc) is 3.25. The van der Waals surface area contributed by atoms with Gasteiger partial charge >= 0.3 is 5.97 Å². The molecule has 0 bridgehead atoms. The lowest BCUT2D eigenvalue weighted by Gasteiger charge is -2.29. The van der Waals surface area contributed by atoms with Gasteiger partial charge < -0.3 is 10.4 Å². The fraction of sp³-hybridized carbons (Fsp3) is 0.263. The molecule has 1 amide bonds. The Morgan fingerprint density at radius 2 is 2.00 bits per heavy atom. The Balaban J connectivity index is 1.95. The van der Waals surface area contributed by atoms with Gasteiger partial charge in [-0.2, -0.15) is 5.10 Å². The maximum atomic E-state index is 12.9. The van der Waals surface area contributed by atoms with Gasteiger partial charge in [-0.15, -0.1) is 11.3 Å². The third-order valence-corrected chi connectivity index (χ3v) is 5.65. The summed E-state index contributed by atoms with van der Waals surface area (Å²) in [5.74, 6) is -1.55. The summed E-state index contributed by atoms with van der Waals surface area (Å²) >= 11 is 1.22. The molecule has 0 fully saturated rings. The zero-order chi connectivity index (χ0) is 19.6. The molecule has 0 spiro atoms. The lowest BCUT2D eigenvalue weighted by Crippen LogP contribution is -2.51. The molecular weight excluding hydrogens is 364 g/mol. The van der Waals surface area contributed by atoms with Crippen LogP contribution in [-0.2, 0) is 17.4 Å². The highest BCUT2D eigenvalue weighted by atomic mass is 32.1. The molecule has 8 heteroatoms. The number of carboxylic acid groups (broad SMARTS) is 1. The molecule has 3 aromatic rings. The summed E-state index contributed by atoms with van der Waals surface area (Å²) in [5, 5.41) is 17.4. The second kappa shape index (κ2) is 7.32. The maximum absolute atomic E-state index is 12.9. The Labute approximate surface area is 160 Å². The van der Waals surface area contributed by atoms with Crippen LogP contribution in [0.25, 0.3) is 10.6 Å². The number of nitrogens with one attached hydrogen (secondary N) is 1. The number of carbonyl (C=O) groups excluding carboxylic acids is 1. The van der Waals surface area contributed by atoms with Gasteiger partial charge in [-0.3, -0.25) is 9.48 Å². The molecule has 0 aliphatic carbocycles. The van der Waals surface area contributed by atoms with Crippen LogP contribution in [0.1, 0.15) is 34.3 Å². The number of nitrogens with zero attached hydrogens (tertiary/aromatic N) is 3. The fourth-order valence-corrected chi connectivity index (χ4v) is 3.86. The summed E-state index contributed by atoms with van der Waals surface area (Å²) in [4.78, 5) is 29.9. The first kappa shape index (κ1) is 18.8. The van der Waals surface area contributed by atoms with Crippen LogP contribution in [0, 0.1) is 6.92 Å². The molecule has 1 unspecified atom stereocenters. The van der Waals surface area contributed by atoms with Crippen molar-refractivity contribution < 1.29 is 14.7 Å². The smallest absolute Gasteiger partial charge is 0.334 e. The van der Waals surface area contributed by atoms with Crippen LogP contribution in [0.4, 0.5) is 0 Å². The molecule has 0 aliphatic heterocycles. The number of aliphatic carboxylic acids is 1. The van der Waals surface area contributed by atoms with Crippen LogP contribution in [0.5, 0.6) is 0 Å². The molecule has 2 aromatic heterocycles. The number of aromatic nitrogens is 3. The Bertz CT molecular complexity index is 980. The van der Waals surface area contributed by atoms with Crippen molar-refractivity contribution in [3.63, 3.8) is 0 Å². The van der Waals surface area contributed by atoms with E-state index in [0.717, 1.165) is 5.56 Å². The first-order chi connectivity index (χ1) is 12.9. The summed E-state index contributed by atoms with van der Waals surface area (Å²) in [7, 11) is 1.81. The van der Waals surface area contributed by atoms with Gasteiger partial charge in [0.15, 0.2) is 5.54 Å². The first-order valence-electron chi connectivity index (χ1n) is 8.45. The van der Waals surface area contributed by atoms with E-state index in [1.807, 2.05) is 6.20 Å². The average molecular weight is 384 g/mol. The fourth-order valence-electron chi connectivity index (χ4n) is 2.93. The second-order valence-corrected chi connectivity index (χ2v) is 7.22. The molecule has 1 aromatic carbocycles. The molecule has 1 atom stereocenters. The number of rotatable bonds is 6. The topological polar surface area (TPSA) is 97.1 Å². The minimum atomic E-state index is -1.50. The normalized spacial score (nSPS) is 13.1. The van der Waals surface area contributed by atoms with Crippen molar-refractivity contribution in [1.29, 1.82) is 0 Å². The number of thiazole rings is 1. The Kier molecular flexibility index (Phi) is 5.09. The van der Waals surface area contributed by atoms with Crippen LogP contribution in [0.3, 0.4) is 0 Å². The van der Waals surface area contributed by atoms with E-state index in [2.05, 4.69) is 15.4 Å². The number of carboxylic acids is 1. The summed E-state index contributed by atoms with van der Waals surface area (Å²) in [6, 6.07) is 8.73. The van der Waals surface area contributed by atoms with E-state index in [0.29, 0.717) is 21.1 Å². The highest BCUT2D eigenvalue weighted by molar-refractivity contribution is 7.17. The molecule has 0 saturated heterocycles. The molecule has 3 rings (SSSR count). The number of hydrogen-bond acceptors (Lipinski definition) is 5. The Morgan fingerprint density at radius 3 is 2.56 bits per heavy atom. The Hall–Kier alpha value is -3.00. The number of benzene rings is 1. The van der Waals surface area contributed by atoms with Gasteiger partial charge in [-0.1, -0.05) is 37.3 Å². The summed E-state index contributed by atoms with van der Waals surface area (Å²) in [6.45, 7) is 3.48. The minimum absolute atomic E-state index is 0.214. The molecular formula is C19H20N4O3S. The van der Waals surface area contributed by atoms with Crippen molar-refractivity contribution in [2.45, 2.75) is 25.8 Å². The van der Waals surface area contributed by atoms with Crippen molar-refractivity contribution in [3.8, 4) is 10.6 Å². The zero-order valence-electron chi connectivity index (χ0n) is 15.3. The number of amides is 1. The third kappa shape index (κ3) is 3.48. The quantitative estimate of drug-likeness (QED) is 0.681. The van der Waals surface area contributed by atoms with E-state index in [1.54, 1.807) is 62.1 Å². The maximum Gasteiger partial charge on any atom is 0.334 e. The van der Waals surface area contributed by atoms with Crippen molar-refractivity contribution >= 4 is 23.2 Å². The minimum Gasteiger partial charge on any atom is -0.479 e. The molecule has 140 valence electrons. The molecule has 0 aliphatic rings. The van der Waals surface area contributed by atoms with Gasteiger partial charge in [0.1, 0.15) is 9.88 Å². The van der Waals surface area contributed by atoms with Gasteiger partial charge in [0.2, 0.25) is 0 Å². The van der Waals surface area contributed by atoms with E-state index in [9.17, 15) is 14.7 Å². The summed E-state index contributed by atoms with van der Waals surface area (Å²) < 4.78 is 1.66. The van der Waals surface area contributed by atoms with Crippen LogP contribution in [0.2, 0.25) is 0 Å². The monoisotopic (exact) mass is 384 g/mol. The van der Waals surface area contributed by atoms with Crippen LogP contribution < -0.4 is 5.32 Å². The molecule has 0 saturated carbocycles. The lowest BCUT2D eigenvalue weighted by atomic mass is 9.87. The summed E-state index contributed by atoms with van der Waals surface area (Å²) in [5.41, 5.74) is 0.402. The predicted molar refractivity (Wildman–Crippen MR) is 103 cm³/mol. The zero-order valence-corrected chi connectivity index (χ0v) is 16.1. The van der Waals surface area contributed by atoms with E-state index in [4.69, 9.17) is 0 Å². The van der Waals surface area contributed by atoms with Gasteiger partial charge in [0, 0.05) is 18.8 Å². The predicted octanol–water partition coefficient (Wildman–Crippen LogP) is 2.97. The molecule has 7 nitrogen and oxygen atoms in total. The molecule has 2 N–H and O–H groups in total. The van der Waals surface area contributed by atoms with Crippen LogP contribution in [0.15, 0.2) is 42.7 Å². The van der Waals surface area contributed by atoms with Gasteiger partial charge in [-0.05, 0) is 18.9 Å². The number of hydrogen-bond donors (Lipinski definition) is 2. The van der Waals surface area contributed by atoms with Crippen molar-refractivity contribution in [2.24, 2.45) is 7.05 Å². The van der Waals surface area contributed by atoms with Gasteiger partial charge in [0.05, 0.1) is 11.9 Å². The van der Waals surface area contributed by atoms with Crippen LogP contribution in [-0.4, -0.2) is 31.7 Å². The summed E-state index contributed by atoms with van der Waals surface area (Å²) in [6.07, 6.45) is 3.71. The molecule has 27 heavy (non-hydrogen) atoms. The third-order valence-electron chi connectivity index (χ3n) is 4.44. The van der Waals surface area contributed by atoms with E-state index >= 15 is 0 Å².